The number of carbonyl (C=O) groups is 4. The van der Waals surface area contributed by atoms with Crippen molar-refractivity contribution in [1.82, 2.24) is 35.5 Å². The van der Waals surface area contributed by atoms with Crippen molar-refractivity contribution < 1.29 is 37.1 Å². The zero-order valence-corrected chi connectivity index (χ0v) is 35.2. The fraction of sp³-hybridized carbons (Fsp3) is 0.581. The van der Waals surface area contributed by atoms with Crippen LogP contribution in [0.4, 0.5) is 4.79 Å². The largest absolute Gasteiger partial charge is 0.471 e. The van der Waals surface area contributed by atoms with Gasteiger partial charge in [0.25, 0.3) is 5.91 Å². The highest BCUT2D eigenvalue weighted by Gasteiger charge is 2.62. The van der Waals surface area contributed by atoms with Crippen LogP contribution in [0.3, 0.4) is 0 Å². The molecule has 320 valence electrons. The molecule has 5 fully saturated rings. The van der Waals surface area contributed by atoms with Gasteiger partial charge in [0.1, 0.15) is 35.5 Å². The first kappa shape index (κ1) is 40.8. The predicted octanol–water partition coefficient (Wildman–Crippen LogP) is 5.00. The monoisotopic (exact) mass is 859 g/mol. The van der Waals surface area contributed by atoms with Crippen LogP contribution >= 0.6 is 11.3 Å². The Bertz CT molecular complexity index is 2270. The van der Waals surface area contributed by atoms with E-state index >= 15 is 0 Å². The number of sulfonamides is 1. The number of fused-ring (bicyclic) bond motifs is 3. The molecule has 17 heteroatoms. The molecule has 4 N–H and O–H groups in total. The average molecular weight is 860 g/mol. The number of alkyl carbamates (subject to hydrolysis) is 1. The molecule has 4 amide bonds. The van der Waals surface area contributed by atoms with Crippen LogP contribution in [0.15, 0.2) is 48.6 Å². The van der Waals surface area contributed by atoms with Gasteiger partial charge < -0.3 is 30.3 Å². The van der Waals surface area contributed by atoms with Crippen LogP contribution in [-0.2, 0) is 35.7 Å². The molecule has 15 nitrogen and oxygen atoms in total. The molecule has 2 aliphatic heterocycles. The van der Waals surface area contributed by atoms with Gasteiger partial charge in [0.05, 0.1) is 27.7 Å². The van der Waals surface area contributed by atoms with E-state index in [0.29, 0.717) is 54.9 Å². The van der Waals surface area contributed by atoms with Crippen LogP contribution in [0.1, 0.15) is 101 Å². The van der Waals surface area contributed by atoms with Gasteiger partial charge in [-0.15, -0.1) is 11.3 Å². The summed E-state index contributed by atoms with van der Waals surface area (Å²) in [5.41, 5.74) is 0.357. The van der Waals surface area contributed by atoms with Crippen molar-refractivity contribution in [2.24, 2.45) is 5.92 Å². The maximum atomic E-state index is 14.8. The molecule has 9 rings (SSSR count). The van der Waals surface area contributed by atoms with E-state index in [1.165, 1.54) is 17.7 Å². The smallest absolute Gasteiger partial charge is 0.408 e. The molecule has 1 saturated heterocycles. The number of aromatic nitrogens is 2. The molecule has 0 spiro atoms. The molecule has 6 aliphatic rings. The molecule has 1 aromatic carbocycles. The van der Waals surface area contributed by atoms with Gasteiger partial charge >= 0.3 is 6.09 Å². The molecule has 0 radical (unpaired) electrons. The van der Waals surface area contributed by atoms with E-state index in [1.54, 1.807) is 11.3 Å². The maximum Gasteiger partial charge on any atom is 0.408 e. The van der Waals surface area contributed by atoms with Crippen molar-refractivity contribution in [2.75, 3.05) is 6.54 Å². The molecule has 4 heterocycles. The van der Waals surface area contributed by atoms with Crippen LogP contribution in [0, 0.1) is 5.92 Å². The van der Waals surface area contributed by atoms with Gasteiger partial charge in [0.15, 0.2) is 0 Å². The summed E-state index contributed by atoms with van der Waals surface area (Å²) in [6.07, 6.45) is 12.6. The minimum Gasteiger partial charge on any atom is -0.471 e. The first-order valence-corrected chi connectivity index (χ1v) is 24.0. The number of benzene rings is 1. The maximum absolute atomic E-state index is 14.8. The second-order valence-corrected chi connectivity index (χ2v) is 20.4. The Morgan fingerprint density at radius 3 is 2.45 bits per heavy atom. The topological polar surface area (TPSA) is 198 Å². The molecular formula is C43H53N7O8S2. The Hall–Kier alpha value is -4.61. The van der Waals surface area contributed by atoms with E-state index in [1.807, 2.05) is 42.5 Å². The summed E-state index contributed by atoms with van der Waals surface area (Å²) in [7, 11) is -3.90. The highest BCUT2D eigenvalue weighted by molar-refractivity contribution is 7.91. The summed E-state index contributed by atoms with van der Waals surface area (Å²) in [6, 6.07) is 10.0. The number of hydrogen-bond donors (Lipinski definition) is 4. The van der Waals surface area contributed by atoms with Gasteiger partial charge in [-0.05, 0) is 101 Å². The highest BCUT2D eigenvalue weighted by atomic mass is 32.2. The van der Waals surface area contributed by atoms with Crippen molar-refractivity contribution in [3.63, 3.8) is 0 Å². The van der Waals surface area contributed by atoms with Crippen molar-refractivity contribution in [1.29, 1.82) is 0 Å². The van der Waals surface area contributed by atoms with Crippen LogP contribution in [-0.4, -0.2) is 94.8 Å². The number of allylic oxidation sites excluding steroid dienone is 1. The number of nitrogens with zero attached hydrogens (tertiary/aromatic N) is 3. The Morgan fingerprint density at radius 2 is 1.68 bits per heavy atom. The third-order valence-electron chi connectivity index (χ3n) is 12.6. The van der Waals surface area contributed by atoms with Gasteiger partial charge in [0.2, 0.25) is 27.7 Å². The summed E-state index contributed by atoms with van der Waals surface area (Å²) in [6.45, 7) is 0.732. The van der Waals surface area contributed by atoms with E-state index in [4.69, 9.17) is 19.4 Å². The number of rotatable bonds is 11. The zero-order valence-electron chi connectivity index (χ0n) is 33.6. The number of carbonyl (C=O) groups excluding carboxylic acids is 4. The summed E-state index contributed by atoms with van der Waals surface area (Å²) in [5, 5.41) is 8.70. The summed E-state index contributed by atoms with van der Waals surface area (Å²) in [5.74, 6) is -2.01. The van der Waals surface area contributed by atoms with Gasteiger partial charge in [-0.25, -0.2) is 23.2 Å². The van der Waals surface area contributed by atoms with Crippen molar-refractivity contribution in [3.8, 4) is 16.5 Å². The van der Waals surface area contributed by atoms with E-state index < -0.39 is 68.7 Å². The fourth-order valence-electron chi connectivity index (χ4n) is 8.70. The van der Waals surface area contributed by atoms with Crippen molar-refractivity contribution >= 4 is 56.2 Å². The first-order valence-electron chi connectivity index (χ1n) is 21.6. The number of thiophene rings is 1. The number of amides is 4. The lowest BCUT2D eigenvalue weighted by Gasteiger charge is -2.30. The van der Waals surface area contributed by atoms with E-state index in [-0.39, 0.29) is 31.4 Å². The normalized spacial score (nSPS) is 28.2. The third-order valence-corrected chi connectivity index (χ3v) is 15.5. The van der Waals surface area contributed by atoms with Gasteiger partial charge in [0, 0.05) is 29.8 Å². The molecule has 3 aromatic rings. The average Bonchev–Trinajstić information content (AvgIpc) is 4.20. The van der Waals surface area contributed by atoms with Gasteiger partial charge in [-0.2, -0.15) is 0 Å². The minimum atomic E-state index is -3.90. The zero-order chi connectivity index (χ0) is 41.4. The number of para-hydroxylation sites is 2. The van der Waals surface area contributed by atoms with E-state index in [2.05, 4.69) is 26.7 Å². The summed E-state index contributed by atoms with van der Waals surface area (Å²) in [4.78, 5) is 69.8. The molecule has 0 unspecified atom stereocenters. The Morgan fingerprint density at radius 1 is 0.917 bits per heavy atom. The molecule has 4 saturated carbocycles. The standard InChI is InChI=1S/C43H53N7O8S2/c51-38-35-22-29(57-39-37(45-32-13-8-9-14-33(32)46-39)36-21-18-30(59-36)24-44-27-16-17-27)25-50(35)40(52)34(47-42(54)58-28-11-6-7-12-28)15-5-3-1-2-4-10-26-23-43(26,48-38)41(53)49-60(55,56)31-19-20-31/h4,8-10,13-14,18,21,26-29,31,34-35,44H,1-3,5-7,11-12,15-17,19-20,22-25H2,(H,47,54)(H,48,51)(H,49,53)/b10-4-/t26-,29-,34+,35+,43-/m1/s1. The molecule has 0 bridgehead atoms. The SMILES string of the molecule is O=C(N[C@H]1CCCCC/C=C\[C@@H]2C[C@@]2(C(=O)NS(=O)(=O)C2CC2)NC(=O)[C@@H]2C[C@@H](Oc3nc4ccccc4nc3-c3ccc(CNC4CC4)s3)CN2C1=O)OC1CCCC1. The number of nitrogens with one attached hydrogen (secondary N) is 4. The van der Waals surface area contributed by atoms with E-state index in [9.17, 15) is 27.6 Å². The Labute approximate surface area is 353 Å². The fourth-order valence-corrected chi connectivity index (χ4v) is 11.0. The quantitative estimate of drug-likeness (QED) is 0.190. The van der Waals surface area contributed by atoms with Crippen LogP contribution in [0.5, 0.6) is 5.88 Å². The lowest BCUT2D eigenvalue weighted by atomic mass is 10.0. The second-order valence-electron chi connectivity index (χ2n) is 17.3. The summed E-state index contributed by atoms with van der Waals surface area (Å²) < 4.78 is 40.6. The molecule has 5 atom stereocenters. The lowest BCUT2D eigenvalue weighted by molar-refractivity contribution is -0.141. The van der Waals surface area contributed by atoms with Crippen molar-refractivity contribution in [2.45, 2.75) is 144 Å². The molecular weight excluding hydrogens is 807 g/mol. The van der Waals surface area contributed by atoms with Crippen LogP contribution in [0.25, 0.3) is 21.6 Å². The Balaban J connectivity index is 1.02. The van der Waals surface area contributed by atoms with Crippen LogP contribution < -0.4 is 25.4 Å². The molecule has 4 aliphatic carbocycles. The lowest BCUT2D eigenvalue weighted by Crippen LogP contribution is -2.58. The predicted molar refractivity (Wildman–Crippen MR) is 224 cm³/mol. The first-order chi connectivity index (χ1) is 29.0. The number of hydrogen-bond acceptors (Lipinski definition) is 12. The highest BCUT2D eigenvalue weighted by Crippen LogP contribution is 2.46. The minimum absolute atomic E-state index is 0.0136. The van der Waals surface area contributed by atoms with E-state index in [0.717, 1.165) is 54.8 Å². The van der Waals surface area contributed by atoms with Gasteiger partial charge in [-0.1, -0.05) is 37.1 Å². The van der Waals surface area contributed by atoms with Gasteiger partial charge in [-0.3, -0.25) is 19.1 Å². The third kappa shape index (κ3) is 9.17. The molecule has 60 heavy (non-hydrogen) atoms. The Kier molecular flexibility index (Phi) is 11.6. The second kappa shape index (κ2) is 17.0. The molecule has 2 aromatic heterocycles. The number of ether oxygens (including phenoxy) is 2. The van der Waals surface area contributed by atoms with Crippen molar-refractivity contribution in [3.05, 3.63) is 53.4 Å². The van der Waals surface area contributed by atoms with Crippen LogP contribution in [0.2, 0.25) is 0 Å². The summed E-state index contributed by atoms with van der Waals surface area (Å²) >= 11 is 1.60.